The Hall–Kier alpha value is -2.80. The zero-order valence-electron chi connectivity index (χ0n) is 14.5. The summed E-state index contributed by atoms with van der Waals surface area (Å²) in [6, 6.07) is 7.56. The molecule has 3 rings (SSSR count). The fourth-order valence-electron chi connectivity index (χ4n) is 2.49. The molecule has 0 aliphatic heterocycles. The molecule has 0 radical (unpaired) electrons. The molecular weight excluding hydrogens is 334 g/mol. The number of fused-ring (bicyclic) bond motifs is 1. The van der Waals surface area contributed by atoms with Gasteiger partial charge in [-0.05, 0) is 44.0 Å². The number of amides is 1. The number of aromatic nitrogens is 2. The van der Waals surface area contributed by atoms with Crippen LogP contribution in [0.4, 0.5) is 11.5 Å². The van der Waals surface area contributed by atoms with Crippen LogP contribution < -0.4 is 10.7 Å². The van der Waals surface area contributed by atoms with Crippen molar-refractivity contribution >= 4 is 44.7 Å². The SMILES string of the molecule is CC(=O)Nc1cccc(/C(C)=N/Nc2ncnc3sc(C)c(C)c23)c1. The Kier molecular flexibility index (Phi) is 4.76. The number of nitrogens with zero attached hydrogens (tertiary/aromatic N) is 3. The lowest BCUT2D eigenvalue weighted by Gasteiger charge is -2.07. The number of hydrogen-bond donors (Lipinski definition) is 2. The van der Waals surface area contributed by atoms with Gasteiger partial charge in [0.1, 0.15) is 11.2 Å². The second-order valence-electron chi connectivity index (χ2n) is 5.76. The molecule has 0 saturated heterocycles. The van der Waals surface area contributed by atoms with E-state index in [1.54, 1.807) is 17.7 Å². The molecule has 0 saturated carbocycles. The van der Waals surface area contributed by atoms with Crippen LogP contribution in [0.15, 0.2) is 35.7 Å². The average molecular weight is 353 g/mol. The van der Waals surface area contributed by atoms with Gasteiger partial charge in [-0.3, -0.25) is 10.2 Å². The van der Waals surface area contributed by atoms with Crippen molar-refractivity contribution in [1.82, 2.24) is 9.97 Å². The highest BCUT2D eigenvalue weighted by molar-refractivity contribution is 7.18. The van der Waals surface area contributed by atoms with E-state index < -0.39 is 0 Å². The third-order valence-corrected chi connectivity index (χ3v) is 5.01. The first-order valence-electron chi connectivity index (χ1n) is 7.84. The molecule has 0 unspecified atom stereocenters. The van der Waals surface area contributed by atoms with E-state index >= 15 is 0 Å². The van der Waals surface area contributed by atoms with Gasteiger partial charge in [-0.2, -0.15) is 5.10 Å². The Balaban J connectivity index is 1.88. The predicted octanol–water partition coefficient (Wildman–Crippen LogP) is 4.10. The van der Waals surface area contributed by atoms with Crippen molar-refractivity contribution in [3.8, 4) is 0 Å². The number of rotatable bonds is 4. The van der Waals surface area contributed by atoms with E-state index in [9.17, 15) is 4.79 Å². The van der Waals surface area contributed by atoms with Gasteiger partial charge in [0.05, 0.1) is 11.1 Å². The normalized spacial score (nSPS) is 11.6. The Morgan fingerprint density at radius 3 is 2.76 bits per heavy atom. The number of benzene rings is 1. The molecule has 2 N–H and O–H groups in total. The molecule has 0 aliphatic rings. The molecule has 128 valence electrons. The summed E-state index contributed by atoms with van der Waals surface area (Å²) in [5.74, 6) is 0.598. The highest BCUT2D eigenvalue weighted by atomic mass is 32.1. The van der Waals surface area contributed by atoms with Gasteiger partial charge in [0.2, 0.25) is 5.91 Å². The van der Waals surface area contributed by atoms with E-state index in [1.807, 2.05) is 31.2 Å². The van der Waals surface area contributed by atoms with Crippen LogP contribution in [0.5, 0.6) is 0 Å². The second kappa shape index (κ2) is 6.98. The van der Waals surface area contributed by atoms with Crippen LogP contribution >= 0.6 is 11.3 Å². The lowest BCUT2D eigenvalue weighted by atomic mass is 10.1. The summed E-state index contributed by atoms with van der Waals surface area (Å²) in [5, 5.41) is 8.24. The van der Waals surface area contributed by atoms with Gasteiger partial charge in [0.15, 0.2) is 5.82 Å². The third kappa shape index (κ3) is 3.66. The number of anilines is 2. The van der Waals surface area contributed by atoms with Gasteiger partial charge in [-0.15, -0.1) is 11.3 Å². The van der Waals surface area contributed by atoms with Crippen molar-refractivity contribution in [2.24, 2.45) is 5.10 Å². The summed E-state index contributed by atoms with van der Waals surface area (Å²) in [6.45, 7) is 7.54. The monoisotopic (exact) mass is 353 g/mol. The maximum absolute atomic E-state index is 11.2. The zero-order chi connectivity index (χ0) is 18.0. The summed E-state index contributed by atoms with van der Waals surface area (Å²) in [4.78, 5) is 22.0. The molecule has 7 heteroatoms. The van der Waals surface area contributed by atoms with Crippen LogP contribution in [0, 0.1) is 13.8 Å². The molecule has 0 bridgehead atoms. The van der Waals surface area contributed by atoms with E-state index in [0.717, 1.165) is 27.2 Å². The molecule has 25 heavy (non-hydrogen) atoms. The summed E-state index contributed by atoms with van der Waals surface area (Å²) in [7, 11) is 0. The smallest absolute Gasteiger partial charge is 0.221 e. The molecule has 2 aromatic heterocycles. The van der Waals surface area contributed by atoms with Gasteiger partial charge >= 0.3 is 0 Å². The third-order valence-electron chi connectivity index (χ3n) is 3.90. The predicted molar refractivity (Wildman–Crippen MR) is 103 cm³/mol. The summed E-state index contributed by atoms with van der Waals surface area (Å²) in [6.07, 6.45) is 1.54. The van der Waals surface area contributed by atoms with E-state index in [2.05, 4.69) is 39.7 Å². The van der Waals surface area contributed by atoms with Crippen molar-refractivity contribution < 1.29 is 4.79 Å². The average Bonchev–Trinajstić information content (AvgIpc) is 2.87. The first-order valence-corrected chi connectivity index (χ1v) is 8.66. The fraction of sp³-hybridized carbons (Fsp3) is 0.222. The first kappa shape index (κ1) is 17.0. The molecular formula is C18H19N5OS. The van der Waals surface area contributed by atoms with Crippen molar-refractivity contribution in [3.63, 3.8) is 0 Å². The van der Waals surface area contributed by atoms with Crippen molar-refractivity contribution in [3.05, 3.63) is 46.6 Å². The zero-order valence-corrected chi connectivity index (χ0v) is 15.4. The summed E-state index contributed by atoms with van der Waals surface area (Å²) >= 11 is 1.65. The van der Waals surface area contributed by atoms with Crippen molar-refractivity contribution in [2.75, 3.05) is 10.7 Å². The minimum atomic E-state index is -0.100. The van der Waals surface area contributed by atoms with Crippen LogP contribution in [0.1, 0.15) is 29.9 Å². The Morgan fingerprint density at radius 1 is 1.20 bits per heavy atom. The van der Waals surface area contributed by atoms with E-state index in [0.29, 0.717) is 5.82 Å². The van der Waals surface area contributed by atoms with Crippen LogP contribution in [-0.4, -0.2) is 21.6 Å². The second-order valence-corrected chi connectivity index (χ2v) is 6.96. The number of hydrogen-bond acceptors (Lipinski definition) is 6. The fourth-order valence-corrected chi connectivity index (χ4v) is 3.49. The number of thiophene rings is 1. The molecule has 6 nitrogen and oxygen atoms in total. The van der Waals surface area contributed by atoms with Crippen LogP contribution in [0.25, 0.3) is 10.2 Å². The minimum Gasteiger partial charge on any atom is -0.326 e. The molecule has 0 spiro atoms. The highest BCUT2D eigenvalue weighted by Crippen LogP contribution is 2.32. The Morgan fingerprint density at radius 2 is 2.00 bits per heavy atom. The molecule has 0 fully saturated rings. The summed E-state index contributed by atoms with van der Waals surface area (Å²) < 4.78 is 0. The summed E-state index contributed by atoms with van der Waals surface area (Å²) in [5.41, 5.74) is 6.68. The lowest BCUT2D eigenvalue weighted by molar-refractivity contribution is -0.114. The Bertz CT molecular complexity index is 977. The standard InChI is InChI=1S/C18H19N5OS/c1-10-12(3)25-18-16(10)17(19-9-20-18)23-22-11(2)14-6-5-7-15(8-14)21-13(4)24/h5-9H,1-4H3,(H,21,24)(H,19,20,23)/b22-11+. The van der Waals surface area contributed by atoms with Gasteiger partial charge < -0.3 is 5.32 Å². The lowest BCUT2D eigenvalue weighted by Crippen LogP contribution is -2.07. The minimum absolute atomic E-state index is 0.100. The quantitative estimate of drug-likeness (QED) is 0.547. The van der Waals surface area contributed by atoms with Gasteiger partial charge in [0.25, 0.3) is 0 Å². The highest BCUT2D eigenvalue weighted by Gasteiger charge is 2.11. The number of nitrogens with one attached hydrogen (secondary N) is 2. The topological polar surface area (TPSA) is 79.3 Å². The van der Waals surface area contributed by atoms with E-state index in [1.165, 1.54) is 17.4 Å². The molecule has 3 aromatic rings. The maximum atomic E-state index is 11.2. The van der Waals surface area contributed by atoms with Crippen molar-refractivity contribution in [2.45, 2.75) is 27.7 Å². The van der Waals surface area contributed by atoms with Crippen molar-refractivity contribution in [1.29, 1.82) is 0 Å². The largest absolute Gasteiger partial charge is 0.326 e. The maximum Gasteiger partial charge on any atom is 0.221 e. The van der Waals surface area contributed by atoms with Crippen LogP contribution in [0.3, 0.4) is 0 Å². The Labute approximate surface area is 150 Å². The molecule has 0 atom stereocenters. The first-order chi connectivity index (χ1) is 12.0. The molecule has 2 heterocycles. The number of carbonyl (C=O) groups is 1. The van der Waals surface area contributed by atoms with Gasteiger partial charge in [-0.1, -0.05) is 12.1 Å². The van der Waals surface area contributed by atoms with Gasteiger partial charge in [-0.25, -0.2) is 9.97 Å². The number of hydrazone groups is 1. The van der Waals surface area contributed by atoms with Gasteiger partial charge in [0, 0.05) is 17.5 Å². The number of aryl methyl sites for hydroxylation is 2. The van der Waals surface area contributed by atoms with Crippen LogP contribution in [-0.2, 0) is 4.79 Å². The van der Waals surface area contributed by atoms with E-state index in [-0.39, 0.29) is 5.91 Å². The van der Waals surface area contributed by atoms with E-state index in [4.69, 9.17) is 0 Å². The molecule has 1 amide bonds. The number of carbonyl (C=O) groups excluding carboxylic acids is 1. The van der Waals surface area contributed by atoms with Crippen LogP contribution in [0.2, 0.25) is 0 Å². The molecule has 1 aromatic carbocycles. The molecule has 0 aliphatic carbocycles.